The molecule has 0 saturated carbocycles. The molecule has 1 heterocycles. The Balaban J connectivity index is 2.07. The Labute approximate surface area is 113 Å². The quantitative estimate of drug-likeness (QED) is 0.936. The number of aromatic carboxylic acids is 1. The van der Waals surface area contributed by atoms with E-state index in [1.807, 2.05) is 11.9 Å². The van der Waals surface area contributed by atoms with Crippen LogP contribution >= 0.6 is 22.9 Å². The lowest BCUT2D eigenvalue weighted by Gasteiger charge is -2.15. The summed E-state index contributed by atoms with van der Waals surface area (Å²) in [5.41, 5.74) is 1.31. The first-order valence-electron chi connectivity index (χ1n) is 5.20. The van der Waals surface area contributed by atoms with E-state index in [1.54, 1.807) is 29.6 Å². The zero-order valence-corrected chi connectivity index (χ0v) is 11.2. The van der Waals surface area contributed by atoms with Gasteiger partial charge in [0.2, 0.25) is 0 Å². The molecule has 0 bridgehead atoms. The van der Waals surface area contributed by atoms with E-state index in [0.29, 0.717) is 17.3 Å². The van der Waals surface area contributed by atoms with Crippen LogP contribution in [-0.2, 0) is 6.54 Å². The van der Waals surface area contributed by atoms with Crippen LogP contribution in [0.1, 0.15) is 15.9 Å². The maximum Gasteiger partial charge on any atom is 0.335 e. The van der Waals surface area contributed by atoms with Gasteiger partial charge in [0, 0.05) is 19.0 Å². The highest BCUT2D eigenvalue weighted by Crippen LogP contribution is 2.23. The van der Waals surface area contributed by atoms with Gasteiger partial charge in [-0.25, -0.2) is 9.78 Å². The normalized spacial score (nSPS) is 10.3. The molecule has 0 amide bonds. The van der Waals surface area contributed by atoms with Gasteiger partial charge in [-0.1, -0.05) is 23.7 Å². The number of hydrogen-bond donors (Lipinski definition) is 1. The molecule has 0 spiro atoms. The summed E-state index contributed by atoms with van der Waals surface area (Å²) >= 11 is 7.24. The third-order valence-corrected chi connectivity index (χ3v) is 3.69. The third kappa shape index (κ3) is 3.00. The Bertz CT molecular complexity index is 553. The topological polar surface area (TPSA) is 53.4 Å². The zero-order chi connectivity index (χ0) is 13.1. The molecular weight excluding hydrogens is 272 g/mol. The predicted molar refractivity (Wildman–Crippen MR) is 72.6 cm³/mol. The number of anilines is 1. The minimum atomic E-state index is -0.915. The Hall–Kier alpha value is -1.59. The number of carbonyl (C=O) groups is 1. The van der Waals surface area contributed by atoms with Crippen LogP contribution in [0.4, 0.5) is 5.13 Å². The van der Waals surface area contributed by atoms with Crippen LogP contribution in [0.2, 0.25) is 5.15 Å². The number of thiazole rings is 1. The fourth-order valence-electron chi connectivity index (χ4n) is 1.51. The molecule has 18 heavy (non-hydrogen) atoms. The van der Waals surface area contributed by atoms with E-state index in [1.165, 1.54) is 11.3 Å². The maximum absolute atomic E-state index is 10.7. The predicted octanol–water partition coefficient (Wildman–Crippen LogP) is 3.13. The lowest BCUT2D eigenvalue weighted by Crippen LogP contribution is -2.16. The van der Waals surface area contributed by atoms with Crippen LogP contribution in [0.15, 0.2) is 29.6 Å². The van der Waals surface area contributed by atoms with Gasteiger partial charge in [-0.15, -0.1) is 11.3 Å². The van der Waals surface area contributed by atoms with Crippen molar-refractivity contribution in [2.45, 2.75) is 6.54 Å². The number of carboxylic acid groups (broad SMARTS) is 1. The van der Waals surface area contributed by atoms with Crippen molar-refractivity contribution in [1.29, 1.82) is 0 Å². The summed E-state index contributed by atoms with van der Waals surface area (Å²) in [6.45, 7) is 0.656. The maximum atomic E-state index is 10.7. The number of benzene rings is 1. The Kier molecular flexibility index (Phi) is 3.84. The van der Waals surface area contributed by atoms with Gasteiger partial charge in [0.05, 0.1) is 5.56 Å². The van der Waals surface area contributed by atoms with Gasteiger partial charge in [-0.3, -0.25) is 0 Å². The minimum Gasteiger partial charge on any atom is -0.478 e. The molecule has 0 aliphatic heterocycles. The molecule has 0 aliphatic rings. The Morgan fingerprint density at radius 1 is 1.44 bits per heavy atom. The number of aromatic nitrogens is 1. The van der Waals surface area contributed by atoms with Crippen LogP contribution < -0.4 is 4.90 Å². The molecule has 94 valence electrons. The fraction of sp³-hybridized carbons (Fsp3) is 0.167. The number of halogens is 1. The smallest absolute Gasteiger partial charge is 0.335 e. The highest BCUT2D eigenvalue weighted by atomic mass is 35.5. The average Bonchev–Trinajstić information content (AvgIpc) is 2.76. The molecule has 0 saturated heterocycles. The molecule has 6 heteroatoms. The lowest BCUT2D eigenvalue weighted by atomic mass is 10.1. The lowest BCUT2D eigenvalue weighted by molar-refractivity contribution is 0.0697. The highest BCUT2D eigenvalue weighted by molar-refractivity contribution is 7.14. The Morgan fingerprint density at radius 3 is 2.61 bits per heavy atom. The molecule has 0 atom stereocenters. The van der Waals surface area contributed by atoms with E-state index < -0.39 is 5.97 Å². The van der Waals surface area contributed by atoms with Crippen LogP contribution in [0.5, 0.6) is 0 Å². The number of rotatable bonds is 4. The standard InChI is InChI=1S/C12H11ClN2O2S/c1-15(12-14-10(13)7-18-12)6-8-2-4-9(5-3-8)11(16)17/h2-5,7H,6H2,1H3,(H,16,17). The molecule has 1 N–H and O–H groups in total. The van der Waals surface area contributed by atoms with Crippen molar-refractivity contribution < 1.29 is 9.90 Å². The van der Waals surface area contributed by atoms with Crippen LogP contribution in [-0.4, -0.2) is 23.1 Å². The van der Waals surface area contributed by atoms with E-state index >= 15 is 0 Å². The fourth-order valence-corrected chi connectivity index (χ4v) is 2.43. The molecule has 0 unspecified atom stereocenters. The summed E-state index contributed by atoms with van der Waals surface area (Å²) < 4.78 is 0. The largest absolute Gasteiger partial charge is 0.478 e. The summed E-state index contributed by atoms with van der Waals surface area (Å²) in [6.07, 6.45) is 0. The van der Waals surface area contributed by atoms with Gasteiger partial charge in [-0.2, -0.15) is 0 Å². The summed E-state index contributed by atoms with van der Waals surface area (Å²) in [5, 5.41) is 11.9. The zero-order valence-electron chi connectivity index (χ0n) is 9.63. The summed E-state index contributed by atoms with van der Waals surface area (Å²) in [7, 11) is 1.92. The SMILES string of the molecule is CN(Cc1ccc(C(=O)O)cc1)c1nc(Cl)cs1. The van der Waals surface area contributed by atoms with Crippen LogP contribution in [0.3, 0.4) is 0 Å². The van der Waals surface area contributed by atoms with Gasteiger partial charge in [0.25, 0.3) is 0 Å². The van der Waals surface area contributed by atoms with Gasteiger partial charge in [-0.05, 0) is 17.7 Å². The summed E-state index contributed by atoms with van der Waals surface area (Å²) in [6, 6.07) is 6.80. The molecule has 4 nitrogen and oxygen atoms in total. The molecule has 1 aromatic carbocycles. The van der Waals surface area contributed by atoms with Crippen molar-refractivity contribution in [3.63, 3.8) is 0 Å². The molecule has 0 radical (unpaired) electrons. The molecule has 1 aromatic heterocycles. The van der Waals surface area contributed by atoms with Crippen LogP contribution in [0.25, 0.3) is 0 Å². The second-order valence-electron chi connectivity index (χ2n) is 3.81. The number of carboxylic acids is 1. The second-order valence-corrected chi connectivity index (χ2v) is 5.03. The van der Waals surface area contributed by atoms with Crippen molar-refractivity contribution >= 4 is 34.0 Å². The van der Waals surface area contributed by atoms with E-state index in [9.17, 15) is 4.79 Å². The van der Waals surface area contributed by atoms with Crippen molar-refractivity contribution in [2.24, 2.45) is 0 Å². The monoisotopic (exact) mass is 282 g/mol. The first-order valence-corrected chi connectivity index (χ1v) is 6.46. The minimum absolute atomic E-state index is 0.290. The van der Waals surface area contributed by atoms with E-state index in [0.717, 1.165) is 10.7 Å². The van der Waals surface area contributed by atoms with Gasteiger partial charge >= 0.3 is 5.97 Å². The van der Waals surface area contributed by atoms with Gasteiger partial charge in [0.1, 0.15) is 5.15 Å². The van der Waals surface area contributed by atoms with Crippen molar-refractivity contribution in [1.82, 2.24) is 4.98 Å². The summed E-state index contributed by atoms with van der Waals surface area (Å²) in [4.78, 5) is 16.9. The molecular formula is C12H11ClN2O2S. The van der Waals surface area contributed by atoms with Crippen LogP contribution in [0, 0.1) is 0 Å². The average molecular weight is 283 g/mol. The second kappa shape index (κ2) is 5.37. The van der Waals surface area contributed by atoms with Crippen molar-refractivity contribution in [3.8, 4) is 0 Å². The number of nitrogens with zero attached hydrogens (tertiary/aromatic N) is 2. The Morgan fingerprint density at radius 2 is 2.11 bits per heavy atom. The molecule has 2 aromatic rings. The first kappa shape index (κ1) is 12.9. The van der Waals surface area contributed by atoms with Gasteiger partial charge < -0.3 is 10.0 Å². The molecule has 0 fully saturated rings. The van der Waals surface area contributed by atoms with E-state index in [2.05, 4.69) is 4.98 Å². The summed E-state index contributed by atoms with van der Waals surface area (Å²) in [5.74, 6) is -0.915. The molecule has 0 aliphatic carbocycles. The van der Waals surface area contributed by atoms with E-state index in [4.69, 9.17) is 16.7 Å². The van der Waals surface area contributed by atoms with Crippen molar-refractivity contribution in [3.05, 3.63) is 45.9 Å². The highest BCUT2D eigenvalue weighted by Gasteiger charge is 2.07. The third-order valence-electron chi connectivity index (χ3n) is 2.41. The van der Waals surface area contributed by atoms with Gasteiger partial charge in [0.15, 0.2) is 5.13 Å². The number of hydrogen-bond acceptors (Lipinski definition) is 4. The van der Waals surface area contributed by atoms with Crippen molar-refractivity contribution in [2.75, 3.05) is 11.9 Å². The first-order chi connectivity index (χ1) is 8.56. The van der Waals surface area contributed by atoms with E-state index in [-0.39, 0.29) is 0 Å². The molecule has 2 rings (SSSR count).